The number of amides is 1. The topological polar surface area (TPSA) is 50.4 Å². The quantitative estimate of drug-likeness (QED) is 0.873. The number of carbonyl (C=O) groups is 1. The second-order valence-corrected chi connectivity index (χ2v) is 4.94. The van der Waals surface area contributed by atoms with Crippen LogP contribution in [0.4, 0.5) is 0 Å². The number of benzene rings is 1. The van der Waals surface area contributed by atoms with Gasteiger partial charge in [-0.05, 0) is 50.0 Å². The summed E-state index contributed by atoms with van der Waals surface area (Å²) in [6.07, 6.45) is 3.40. The van der Waals surface area contributed by atoms with Crippen LogP contribution in [0.2, 0.25) is 0 Å². The van der Waals surface area contributed by atoms with E-state index in [9.17, 15) is 4.79 Å². The van der Waals surface area contributed by atoms with Crippen LogP contribution in [0.15, 0.2) is 24.3 Å². The van der Waals surface area contributed by atoms with E-state index in [1.807, 2.05) is 24.3 Å². The molecule has 1 aliphatic heterocycles. The number of ether oxygens (including phenoxy) is 1. The first-order valence-corrected chi connectivity index (χ1v) is 6.91. The molecule has 20 heavy (non-hydrogen) atoms. The number of hydrogen-bond acceptors (Lipinski definition) is 3. The van der Waals surface area contributed by atoms with Crippen LogP contribution in [0.3, 0.4) is 0 Å². The molecule has 0 aromatic heterocycles. The minimum absolute atomic E-state index is 0. The zero-order chi connectivity index (χ0) is 13.5. The Morgan fingerprint density at radius 3 is 2.55 bits per heavy atom. The average Bonchev–Trinajstić information content (AvgIpc) is 2.47. The monoisotopic (exact) mass is 298 g/mol. The van der Waals surface area contributed by atoms with E-state index in [-0.39, 0.29) is 18.3 Å². The number of rotatable bonds is 5. The van der Waals surface area contributed by atoms with Gasteiger partial charge in [0.05, 0.1) is 7.11 Å². The number of aryl methyl sites for hydroxylation is 1. The van der Waals surface area contributed by atoms with Crippen molar-refractivity contribution in [2.75, 3.05) is 20.2 Å². The average molecular weight is 299 g/mol. The predicted molar refractivity (Wildman–Crippen MR) is 82.6 cm³/mol. The summed E-state index contributed by atoms with van der Waals surface area (Å²) in [6, 6.07) is 8.23. The summed E-state index contributed by atoms with van der Waals surface area (Å²) < 4.78 is 5.11. The second-order valence-electron chi connectivity index (χ2n) is 4.94. The summed E-state index contributed by atoms with van der Waals surface area (Å²) in [7, 11) is 1.65. The van der Waals surface area contributed by atoms with Crippen molar-refractivity contribution in [2.45, 2.75) is 31.7 Å². The number of methoxy groups -OCH3 is 1. The van der Waals surface area contributed by atoms with Crippen LogP contribution in [-0.2, 0) is 11.2 Å². The van der Waals surface area contributed by atoms with Gasteiger partial charge in [-0.3, -0.25) is 4.79 Å². The van der Waals surface area contributed by atoms with Gasteiger partial charge in [0.1, 0.15) is 5.75 Å². The normalized spacial score (nSPS) is 15.2. The van der Waals surface area contributed by atoms with E-state index < -0.39 is 0 Å². The molecule has 0 aliphatic carbocycles. The zero-order valence-corrected chi connectivity index (χ0v) is 12.7. The van der Waals surface area contributed by atoms with Crippen LogP contribution < -0.4 is 15.4 Å². The third-order valence-electron chi connectivity index (χ3n) is 3.50. The van der Waals surface area contributed by atoms with Gasteiger partial charge in [0.15, 0.2) is 0 Å². The first kappa shape index (κ1) is 16.8. The molecular formula is C15H23ClN2O2. The Kier molecular flexibility index (Phi) is 7.41. The van der Waals surface area contributed by atoms with Gasteiger partial charge in [-0.15, -0.1) is 12.4 Å². The molecule has 0 bridgehead atoms. The van der Waals surface area contributed by atoms with Crippen LogP contribution in [0.5, 0.6) is 5.75 Å². The van der Waals surface area contributed by atoms with Crippen molar-refractivity contribution in [3.8, 4) is 5.75 Å². The van der Waals surface area contributed by atoms with Crippen LogP contribution in [0, 0.1) is 0 Å². The fourth-order valence-electron chi connectivity index (χ4n) is 2.32. The fraction of sp³-hybridized carbons (Fsp3) is 0.533. The van der Waals surface area contributed by atoms with Crippen molar-refractivity contribution in [3.63, 3.8) is 0 Å². The molecule has 5 heteroatoms. The van der Waals surface area contributed by atoms with E-state index in [2.05, 4.69) is 10.6 Å². The van der Waals surface area contributed by atoms with Crippen molar-refractivity contribution in [1.82, 2.24) is 10.6 Å². The molecule has 1 aromatic carbocycles. The van der Waals surface area contributed by atoms with Crippen LogP contribution in [-0.4, -0.2) is 32.1 Å². The number of piperidine rings is 1. The number of hydrogen-bond donors (Lipinski definition) is 2. The molecule has 1 aliphatic rings. The van der Waals surface area contributed by atoms with Crippen LogP contribution in [0.1, 0.15) is 24.8 Å². The highest BCUT2D eigenvalue weighted by atomic mass is 35.5. The highest BCUT2D eigenvalue weighted by molar-refractivity contribution is 5.85. The highest BCUT2D eigenvalue weighted by Gasteiger charge is 2.14. The highest BCUT2D eigenvalue weighted by Crippen LogP contribution is 2.12. The standard InChI is InChI=1S/C15H22N2O2.ClH/c1-19-14-5-2-12(3-6-14)4-7-15(18)17-13-8-10-16-11-9-13;/h2-3,5-6,13,16H,4,7-11H2,1H3,(H,17,18);1H. The predicted octanol–water partition coefficient (Wildman–Crippen LogP) is 1.92. The SMILES string of the molecule is COc1ccc(CCC(=O)NC2CCNCC2)cc1.Cl. The summed E-state index contributed by atoms with van der Waals surface area (Å²) in [5.41, 5.74) is 1.17. The Morgan fingerprint density at radius 1 is 1.30 bits per heavy atom. The summed E-state index contributed by atoms with van der Waals surface area (Å²) in [4.78, 5) is 11.9. The lowest BCUT2D eigenvalue weighted by atomic mass is 10.1. The van der Waals surface area contributed by atoms with Gasteiger partial charge in [0.25, 0.3) is 0 Å². The van der Waals surface area contributed by atoms with E-state index in [0.29, 0.717) is 12.5 Å². The lowest BCUT2D eigenvalue weighted by Gasteiger charge is -2.23. The number of nitrogens with one attached hydrogen (secondary N) is 2. The van der Waals surface area contributed by atoms with Gasteiger partial charge >= 0.3 is 0 Å². The number of halogens is 1. The molecule has 1 aromatic rings. The van der Waals surface area contributed by atoms with Gasteiger partial charge in [0, 0.05) is 12.5 Å². The maximum Gasteiger partial charge on any atom is 0.220 e. The summed E-state index contributed by atoms with van der Waals surface area (Å²) in [6.45, 7) is 2.01. The molecule has 112 valence electrons. The summed E-state index contributed by atoms with van der Waals surface area (Å²) in [5.74, 6) is 1.01. The van der Waals surface area contributed by atoms with Gasteiger partial charge in [-0.2, -0.15) is 0 Å². The molecular weight excluding hydrogens is 276 g/mol. The third kappa shape index (κ3) is 5.39. The molecule has 0 radical (unpaired) electrons. The van der Waals surface area contributed by atoms with Crippen LogP contribution >= 0.6 is 12.4 Å². The first-order chi connectivity index (χ1) is 9.28. The molecule has 1 fully saturated rings. The van der Waals surface area contributed by atoms with Crippen molar-refractivity contribution in [1.29, 1.82) is 0 Å². The van der Waals surface area contributed by atoms with Crippen molar-refractivity contribution < 1.29 is 9.53 Å². The van der Waals surface area contributed by atoms with E-state index in [0.717, 1.165) is 38.1 Å². The molecule has 0 atom stereocenters. The molecule has 2 N–H and O–H groups in total. The Bertz CT molecular complexity index is 403. The molecule has 4 nitrogen and oxygen atoms in total. The van der Waals surface area contributed by atoms with Crippen LogP contribution in [0.25, 0.3) is 0 Å². The molecule has 0 saturated carbocycles. The van der Waals surface area contributed by atoms with Gasteiger partial charge < -0.3 is 15.4 Å². The minimum atomic E-state index is 0. The lowest BCUT2D eigenvalue weighted by molar-refractivity contribution is -0.121. The Hall–Kier alpha value is -1.26. The van der Waals surface area contributed by atoms with E-state index in [1.165, 1.54) is 5.56 Å². The Morgan fingerprint density at radius 2 is 1.95 bits per heavy atom. The number of carbonyl (C=O) groups excluding carboxylic acids is 1. The molecule has 2 rings (SSSR count). The van der Waals surface area contributed by atoms with Crippen molar-refractivity contribution in [3.05, 3.63) is 29.8 Å². The largest absolute Gasteiger partial charge is 0.497 e. The van der Waals surface area contributed by atoms with Gasteiger partial charge in [-0.25, -0.2) is 0 Å². The van der Waals surface area contributed by atoms with E-state index in [4.69, 9.17) is 4.74 Å². The maximum atomic E-state index is 11.9. The molecule has 1 heterocycles. The Balaban J connectivity index is 0.00000200. The second kappa shape index (κ2) is 8.82. The summed E-state index contributed by atoms with van der Waals surface area (Å²) >= 11 is 0. The fourth-order valence-corrected chi connectivity index (χ4v) is 2.32. The van der Waals surface area contributed by atoms with E-state index in [1.54, 1.807) is 7.11 Å². The van der Waals surface area contributed by atoms with Crippen molar-refractivity contribution in [2.24, 2.45) is 0 Å². The van der Waals surface area contributed by atoms with Gasteiger partial charge in [-0.1, -0.05) is 12.1 Å². The minimum Gasteiger partial charge on any atom is -0.497 e. The maximum absolute atomic E-state index is 11.9. The third-order valence-corrected chi connectivity index (χ3v) is 3.50. The van der Waals surface area contributed by atoms with Gasteiger partial charge in [0.2, 0.25) is 5.91 Å². The first-order valence-electron chi connectivity index (χ1n) is 6.91. The van der Waals surface area contributed by atoms with Crippen molar-refractivity contribution >= 4 is 18.3 Å². The Labute approximate surface area is 126 Å². The zero-order valence-electron chi connectivity index (χ0n) is 11.9. The van der Waals surface area contributed by atoms with E-state index >= 15 is 0 Å². The lowest BCUT2D eigenvalue weighted by Crippen LogP contribution is -2.42. The molecule has 1 saturated heterocycles. The smallest absolute Gasteiger partial charge is 0.220 e. The molecule has 0 spiro atoms. The molecule has 1 amide bonds. The summed E-state index contributed by atoms with van der Waals surface area (Å²) in [5, 5.41) is 6.40. The molecule has 0 unspecified atom stereocenters.